The SMILES string of the molecule is CN1CCN=C1c1cccc(Oc2nc(Oc3cc(C(=N)N)ccc3O)cc(-c3ccc(N(C)C)cc3)n2)c1. The molecule has 0 saturated carbocycles. The number of ether oxygens (including phenoxy) is 2. The number of nitrogens with two attached hydrogens (primary N) is 1. The minimum Gasteiger partial charge on any atom is -0.504 e. The van der Waals surface area contributed by atoms with Crippen LogP contribution < -0.4 is 20.1 Å². The number of benzene rings is 3. The van der Waals surface area contributed by atoms with Crippen molar-refractivity contribution in [3.8, 4) is 40.4 Å². The molecule has 1 aliphatic rings. The molecule has 0 saturated heterocycles. The number of phenols is 1. The molecule has 198 valence electrons. The molecular weight excluding hydrogens is 494 g/mol. The van der Waals surface area contributed by atoms with Gasteiger partial charge in [-0.2, -0.15) is 9.97 Å². The Labute approximate surface area is 226 Å². The second kappa shape index (κ2) is 10.7. The Morgan fingerprint density at radius 2 is 1.77 bits per heavy atom. The predicted octanol–water partition coefficient (Wildman–Crippen LogP) is 4.48. The van der Waals surface area contributed by atoms with Gasteiger partial charge in [0.05, 0.1) is 12.2 Å². The van der Waals surface area contributed by atoms with Gasteiger partial charge in [-0.25, -0.2) is 0 Å². The lowest BCUT2D eigenvalue weighted by atomic mass is 10.1. The Balaban J connectivity index is 1.52. The lowest BCUT2D eigenvalue weighted by Gasteiger charge is -2.15. The third-order valence-electron chi connectivity index (χ3n) is 6.21. The molecule has 5 rings (SSSR count). The summed E-state index contributed by atoms with van der Waals surface area (Å²) in [7, 11) is 5.96. The molecule has 4 N–H and O–H groups in total. The Bertz CT molecular complexity index is 1550. The summed E-state index contributed by atoms with van der Waals surface area (Å²) in [6.07, 6.45) is 0. The normalized spacial score (nSPS) is 12.7. The first-order valence-corrected chi connectivity index (χ1v) is 12.3. The maximum absolute atomic E-state index is 10.4. The number of hydrogen-bond donors (Lipinski definition) is 3. The van der Waals surface area contributed by atoms with Gasteiger partial charge < -0.3 is 30.1 Å². The van der Waals surface area contributed by atoms with Crippen LogP contribution >= 0.6 is 0 Å². The van der Waals surface area contributed by atoms with Gasteiger partial charge >= 0.3 is 6.01 Å². The molecule has 1 aliphatic heterocycles. The molecule has 1 aromatic heterocycles. The van der Waals surface area contributed by atoms with E-state index in [1.54, 1.807) is 6.07 Å². The fourth-order valence-corrected chi connectivity index (χ4v) is 4.10. The van der Waals surface area contributed by atoms with E-state index in [1.165, 1.54) is 18.2 Å². The van der Waals surface area contributed by atoms with Crippen molar-refractivity contribution in [3.63, 3.8) is 0 Å². The Morgan fingerprint density at radius 1 is 0.974 bits per heavy atom. The van der Waals surface area contributed by atoms with Gasteiger partial charge in [0.25, 0.3) is 0 Å². The number of anilines is 1. The van der Waals surface area contributed by atoms with Crippen molar-refractivity contribution in [2.45, 2.75) is 0 Å². The Kier molecular flexibility index (Phi) is 7.00. The van der Waals surface area contributed by atoms with Crippen molar-refractivity contribution in [1.29, 1.82) is 5.41 Å². The van der Waals surface area contributed by atoms with Crippen LogP contribution in [0, 0.1) is 5.41 Å². The molecule has 4 aromatic rings. The summed E-state index contributed by atoms with van der Waals surface area (Å²) in [5, 5.41) is 18.1. The van der Waals surface area contributed by atoms with Crippen LogP contribution in [-0.2, 0) is 0 Å². The van der Waals surface area contributed by atoms with Crippen molar-refractivity contribution in [2.75, 3.05) is 39.1 Å². The summed E-state index contributed by atoms with van der Waals surface area (Å²) in [5.74, 6) is 1.44. The fourth-order valence-electron chi connectivity index (χ4n) is 4.10. The van der Waals surface area contributed by atoms with E-state index in [4.69, 9.17) is 20.6 Å². The van der Waals surface area contributed by atoms with Crippen LogP contribution in [0.1, 0.15) is 11.1 Å². The zero-order valence-corrected chi connectivity index (χ0v) is 21.9. The van der Waals surface area contributed by atoms with Crippen LogP contribution in [0.15, 0.2) is 77.8 Å². The lowest BCUT2D eigenvalue weighted by Crippen LogP contribution is -2.23. The van der Waals surface area contributed by atoms with E-state index in [0.29, 0.717) is 17.0 Å². The first kappa shape index (κ1) is 25.5. The van der Waals surface area contributed by atoms with Gasteiger partial charge in [0.2, 0.25) is 5.88 Å². The highest BCUT2D eigenvalue weighted by atomic mass is 16.5. The van der Waals surface area contributed by atoms with Crippen LogP contribution in [0.3, 0.4) is 0 Å². The second-order valence-corrected chi connectivity index (χ2v) is 9.27. The van der Waals surface area contributed by atoms with Gasteiger partial charge in [-0.1, -0.05) is 24.3 Å². The molecule has 2 heterocycles. The quantitative estimate of drug-likeness (QED) is 0.227. The van der Waals surface area contributed by atoms with E-state index in [9.17, 15) is 5.11 Å². The molecule has 3 aromatic carbocycles. The summed E-state index contributed by atoms with van der Waals surface area (Å²) in [4.78, 5) is 17.8. The largest absolute Gasteiger partial charge is 0.504 e. The molecule has 10 nitrogen and oxygen atoms in total. The van der Waals surface area contributed by atoms with Crippen LogP contribution in [-0.4, -0.2) is 65.9 Å². The fraction of sp³-hybridized carbons (Fsp3) is 0.172. The third-order valence-corrected chi connectivity index (χ3v) is 6.21. The summed E-state index contributed by atoms with van der Waals surface area (Å²) >= 11 is 0. The summed E-state index contributed by atoms with van der Waals surface area (Å²) in [6, 6.07) is 21.6. The van der Waals surface area contributed by atoms with Crippen molar-refractivity contribution in [1.82, 2.24) is 14.9 Å². The molecule has 0 unspecified atom stereocenters. The standard InChI is InChI=1S/C29H29N7O3/c1-35(2)21-10-7-18(8-11-21)23-17-26(39-25-16-19(27(30)31)9-12-24(25)37)34-29(33-23)38-22-6-4-5-20(15-22)28-32-13-14-36(28)3/h4-12,15-17,37H,13-14H2,1-3H3,(H3,30,31). The number of amidine groups is 2. The molecule has 0 amide bonds. The molecule has 0 spiro atoms. The Morgan fingerprint density at radius 3 is 2.46 bits per heavy atom. The van der Waals surface area contributed by atoms with Crippen LogP contribution in [0.5, 0.6) is 29.1 Å². The van der Waals surface area contributed by atoms with E-state index in [-0.39, 0.29) is 29.2 Å². The first-order chi connectivity index (χ1) is 18.8. The predicted molar refractivity (Wildman–Crippen MR) is 152 cm³/mol. The number of aromatic hydroxyl groups is 1. The molecule has 39 heavy (non-hydrogen) atoms. The number of nitrogen functional groups attached to an aromatic ring is 1. The molecule has 0 atom stereocenters. The highest BCUT2D eigenvalue weighted by Gasteiger charge is 2.17. The van der Waals surface area contributed by atoms with Crippen LogP contribution in [0.4, 0.5) is 5.69 Å². The molecule has 0 radical (unpaired) electrons. The maximum Gasteiger partial charge on any atom is 0.325 e. The highest BCUT2D eigenvalue weighted by Crippen LogP contribution is 2.34. The van der Waals surface area contributed by atoms with E-state index in [1.807, 2.05) is 74.6 Å². The van der Waals surface area contributed by atoms with Gasteiger partial charge in [-0.05, 0) is 42.5 Å². The summed E-state index contributed by atoms with van der Waals surface area (Å²) in [6.45, 7) is 1.63. The number of phenolic OH excluding ortho intramolecular Hbond substituents is 1. The van der Waals surface area contributed by atoms with Gasteiger partial charge in [0.15, 0.2) is 11.5 Å². The third kappa shape index (κ3) is 5.74. The zero-order valence-electron chi connectivity index (χ0n) is 21.9. The summed E-state index contributed by atoms with van der Waals surface area (Å²) in [5.41, 5.74) is 9.41. The van der Waals surface area contributed by atoms with Crippen LogP contribution in [0.2, 0.25) is 0 Å². The Hall–Kier alpha value is -5.12. The molecule has 0 fully saturated rings. The van der Waals surface area contributed by atoms with E-state index in [0.717, 1.165) is 35.7 Å². The average Bonchev–Trinajstić information content (AvgIpc) is 3.35. The zero-order chi connectivity index (χ0) is 27.5. The number of aliphatic imine (C=N–C) groups is 1. The highest BCUT2D eigenvalue weighted by molar-refractivity contribution is 6.00. The number of hydrogen-bond acceptors (Lipinski definition) is 9. The van der Waals surface area contributed by atoms with Gasteiger partial charge in [-0.3, -0.25) is 10.4 Å². The minimum absolute atomic E-state index is 0.0697. The minimum atomic E-state index is -0.148. The molecular formula is C29H29N7O3. The lowest BCUT2D eigenvalue weighted by molar-refractivity contribution is 0.387. The first-order valence-electron chi connectivity index (χ1n) is 12.3. The second-order valence-electron chi connectivity index (χ2n) is 9.27. The smallest absolute Gasteiger partial charge is 0.325 e. The number of aromatic nitrogens is 2. The number of likely N-dealkylation sites (N-methyl/N-ethyl adjacent to an activating group) is 1. The summed E-state index contributed by atoms with van der Waals surface area (Å²) < 4.78 is 12.1. The van der Waals surface area contributed by atoms with Gasteiger partial charge in [0, 0.05) is 56.1 Å². The van der Waals surface area contributed by atoms with Gasteiger partial charge in [-0.15, -0.1) is 0 Å². The van der Waals surface area contributed by atoms with Crippen LogP contribution in [0.25, 0.3) is 11.3 Å². The average molecular weight is 524 g/mol. The van der Waals surface area contributed by atoms with Crippen molar-refractivity contribution in [3.05, 3.63) is 83.9 Å². The van der Waals surface area contributed by atoms with Crippen molar-refractivity contribution >= 4 is 17.4 Å². The topological polar surface area (TPSA) is 133 Å². The van der Waals surface area contributed by atoms with Crippen molar-refractivity contribution in [2.24, 2.45) is 10.7 Å². The number of nitrogens with one attached hydrogen (secondary N) is 1. The number of nitrogens with zero attached hydrogens (tertiary/aromatic N) is 5. The number of rotatable bonds is 8. The molecule has 10 heteroatoms. The van der Waals surface area contributed by atoms with Gasteiger partial charge in [0.1, 0.15) is 17.4 Å². The van der Waals surface area contributed by atoms with E-state index < -0.39 is 0 Å². The molecule has 0 bridgehead atoms. The van der Waals surface area contributed by atoms with Crippen molar-refractivity contribution < 1.29 is 14.6 Å². The molecule has 0 aliphatic carbocycles. The van der Waals surface area contributed by atoms with E-state index >= 15 is 0 Å². The monoisotopic (exact) mass is 523 g/mol. The maximum atomic E-state index is 10.4. The van der Waals surface area contributed by atoms with E-state index in [2.05, 4.69) is 19.9 Å².